The lowest BCUT2D eigenvalue weighted by Gasteiger charge is -2.11. The molecule has 0 saturated carbocycles. The van der Waals surface area contributed by atoms with Crippen molar-refractivity contribution in [1.82, 2.24) is 9.78 Å². The highest BCUT2D eigenvalue weighted by atomic mass is 16.5. The van der Waals surface area contributed by atoms with Gasteiger partial charge in [0.25, 0.3) is 0 Å². The minimum atomic E-state index is 0.570. The van der Waals surface area contributed by atoms with E-state index in [1.54, 1.807) is 0 Å². The van der Waals surface area contributed by atoms with Crippen LogP contribution >= 0.6 is 0 Å². The molecule has 3 heteroatoms. The molecule has 0 bridgehead atoms. The lowest BCUT2D eigenvalue weighted by molar-refractivity contribution is 0.177. The van der Waals surface area contributed by atoms with Gasteiger partial charge in [-0.3, -0.25) is 0 Å². The number of benzene rings is 2. The molecule has 0 spiro atoms. The molecule has 1 heterocycles. The maximum atomic E-state index is 5.52. The molecule has 0 fully saturated rings. The number of ether oxygens (including phenoxy) is 1. The third kappa shape index (κ3) is 3.63. The van der Waals surface area contributed by atoms with Gasteiger partial charge in [-0.05, 0) is 31.6 Å². The van der Waals surface area contributed by atoms with Gasteiger partial charge in [-0.2, -0.15) is 5.10 Å². The Morgan fingerprint density at radius 3 is 2.38 bits per heavy atom. The summed E-state index contributed by atoms with van der Waals surface area (Å²) in [5, 5.41) is 4.83. The first-order valence-corrected chi connectivity index (χ1v) is 8.25. The van der Waals surface area contributed by atoms with Gasteiger partial charge in [0.05, 0.1) is 18.0 Å². The number of aryl methyl sites for hydroxylation is 1. The molecule has 0 saturated heterocycles. The smallest absolute Gasteiger partial charge is 0.0930 e. The van der Waals surface area contributed by atoms with Crippen LogP contribution in [0.2, 0.25) is 0 Å². The van der Waals surface area contributed by atoms with Crippen molar-refractivity contribution in [3.05, 3.63) is 84.1 Å². The maximum Gasteiger partial charge on any atom is 0.0930 e. The molecule has 0 N–H and O–H groups in total. The van der Waals surface area contributed by atoms with E-state index in [4.69, 9.17) is 9.84 Å². The van der Waals surface area contributed by atoms with E-state index in [0.29, 0.717) is 13.2 Å². The first-order valence-electron chi connectivity index (χ1n) is 8.25. The molecule has 0 unspecified atom stereocenters. The van der Waals surface area contributed by atoms with Crippen LogP contribution in [-0.2, 0) is 4.74 Å². The molecule has 0 radical (unpaired) electrons. The summed E-state index contributed by atoms with van der Waals surface area (Å²) in [4.78, 5) is 0. The van der Waals surface area contributed by atoms with E-state index in [1.165, 1.54) is 0 Å². The maximum absolute atomic E-state index is 5.52. The number of hydrogen-bond donors (Lipinski definition) is 0. The number of rotatable bonds is 6. The Labute approximate surface area is 143 Å². The highest BCUT2D eigenvalue weighted by molar-refractivity contribution is 5.68. The van der Waals surface area contributed by atoms with E-state index in [9.17, 15) is 0 Å². The fourth-order valence-corrected chi connectivity index (χ4v) is 2.66. The molecule has 1 aromatic heterocycles. The van der Waals surface area contributed by atoms with Gasteiger partial charge in [0.2, 0.25) is 0 Å². The van der Waals surface area contributed by atoms with Gasteiger partial charge >= 0.3 is 0 Å². The molecule has 3 nitrogen and oxygen atoms in total. The van der Waals surface area contributed by atoms with Crippen molar-refractivity contribution in [3.8, 4) is 11.3 Å². The van der Waals surface area contributed by atoms with Crippen molar-refractivity contribution < 1.29 is 4.74 Å². The zero-order valence-electron chi connectivity index (χ0n) is 14.1. The fraction of sp³-hybridized carbons (Fsp3) is 0.190. The second-order valence-corrected chi connectivity index (χ2v) is 5.56. The third-order valence-corrected chi connectivity index (χ3v) is 3.85. The Bertz CT molecular complexity index is 804. The van der Waals surface area contributed by atoms with Crippen LogP contribution in [0.15, 0.2) is 72.8 Å². The molecule has 3 aromatic rings. The van der Waals surface area contributed by atoms with Crippen LogP contribution in [0, 0.1) is 6.92 Å². The van der Waals surface area contributed by atoms with E-state index in [1.807, 2.05) is 48.0 Å². The van der Waals surface area contributed by atoms with E-state index in [0.717, 1.165) is 28.2 Å². The number of hydrogen-bond acceptors (Lipinski definition) is 2. The van der Waals surface area contributed by atoms with Gasteiger partial charge in [-0.15, -0.1) is 0 Å². The van der Waals surface area contributed by atoms with Crippen molar-refractivity contribution in [2.24, 2.45) is 0 Å². The first-order chi connectivity index (χ1) is 11.8. The topological polar surface area (TPSA) is 27.1 Å². The molecule has 0 aliphatic heterocycles. The van der Waals surface area contributed by atoms with E-state index >= 15 is 0 Å². The second kappa shape index (κ2) is 7.75. The molecular formula is C21H22N2O. The van der Waals surface area contributed by atoms with Gasteiger partial charge < -0.3 is 4.74 Å². The Morgan fingerprint density at radius 2 is 1.71 bits per heavy atom. The number of nitrogens with zero attached hydrogens (tertiary/aromatic N) is 2. The summed E-state index contributed by atoms with van der Waals surface area (Å²) >= 11 is 0. The van der Waals surface area contributed by atoms with E-state index in [-0.39, 0.29) is 0 Å². The summed E-state index contributed by atoms with van der Waals surface area (Å²) in [7, 11) is 0. The molecule has 0 aliphatic carbocycles. The molecular weight excluding hydrogens is 296 g/mol. The SMILES string of the molecule is CCOC/C=C(\c1ccccc1)n1nc(-c2ccccc2)cc1C. The monoisotopic (exact) mass is 318 g/mol. The van der Waals surface area contributed by atoms with E-state index in [2.05, 4.69) is 43.3 Å². The van der Waals surface area contributed by atoms with Crippen LogP contribution < -0.4 is 0 Å². The van der Waals surface area contributed by atoms with Gasteiger partial charge in [0, 0.05) is 17.9 Å². The minimum absolute atomic E-state index is 0.570. The van der Waals surface area contributed by atoms with E-state index < -0.39 is 0 Å². The summed E-state index contributed by atoms with van der Waals surface area (Å²) in [6.07, 6.45) is 2.09. The van der Waals surface area contributed by atoms with Crippen LogP contribution in [0.3, 0.4) is 0 Å². The number of aromatic nitrogens is 2. The molecule has 122 valence electrons. The summed E-state index contributed by atoms with van der Waals surface area (Å²) in [5.74, 6) is 0. The van der Waals surface area contributed by atoms with Crippen LogP contribution in [0.5, 0.6) is 0 Å². The minimum Gasteiger partial charge on any atom is -0.378 e. The molecule has 0 amide bonds. The zero-order chi connectivity index (χ0) is 16.8. The Morgan fingerprint density at radius 1 is 1.04 bits per heavy atom. The first kappa shape index (κ1) is 16.2. The predicted molar refractivity (Wildman–Crippen MR) is 98.7 cm³/mol. The molecule has 0 aliphatic rings. The van der Waals surface area contributed by atoms with Gasteiger partial charge in [-0.1, -0.05) is 60.7 Å². The molecule has 24 heavy (non-hydrogen) atoms. The predicted octanol–water partition coefficient (Wildman–Crippen LogP) is 4.78. The average molecular weight is 318 g/mol. The van der Waals surface area contributed by atoms with Crippen molar-refractivity contribution >= 4 is 5.70 Å². The largest absolute Gasteiger partial charge is 0.378 e. The Hall–Kier alpha value is -2.65. The fourth-order valence-electron chi connectivity index (χ4n) is 2.66. The van der Waals surface area contributed by atoms with Crippen molar-refractivity contribution in [2.75, 3.05) is 13.2 Å². The second-order valence-electron chi connectivity index (χ2n) is 5.56. The highest BCUT2D eigenvalue weighted by Crippen LogP contribution is 2.24. The zero-order valence-corrected chi connectivity index (χ0v) is 14.1. The van der Waals surface area contributed by atoms with Crippen LogP contribution in [0.4, 0.5) is 0 Å². The standard InChI is InChI=1S/C21H22N2O/c1-3-24-15-14-21(19-12-8-5-9-13-19)23-17(2)16-20(22-23)18-10-6-4-7-11-18/h4-14,16H,3,15H2,1-2H3/b21-14+. The van der Waals surface area contributed by atoms with Crippen molar-refractivity contribution in [1.29, 1.82) is 0 Å². The Kier molecular flexibility index (Phi) is 5.24. The quantitative estimate of drug-likeness (QED) is 0.611. The lowest BCUT2D eigenvalue weighted by atomic mass is 10.1. The highest BCUT2D eigenvalue weighted by Gasteiger charge is 2.11. The summed E-state index contributed by atoms with van der Waals surface area (Å²) in [6.45, 7) is 5.35. The van der Waals surface area contributed by atoms with Crippen LogP contribution in [-0.4, -0.2) is 23.0 Å². The summed E-state index contributed by atoms with van der Waals surface area (Å²) < 4.78 is 7.52. The van der Waals surface area contributed by atoms with Crippen molar-refractivity contribution in [3.63, 3.8) is 0 Å². The lowest BCUT2D eigenvalue weighted by Crippen LogP contribution is -2.05. The van der Waals surface area contributed by atoms with Gasteiger partial charge in [-0.25, -0.2) is 4.68 Å². The third-order valence-electron chi connectivity index (χ3n) is 3.85. The summed E-state index contributed by atoms with van der Waals surface area (Å²) in [6, 6.07) is 22.7. The summed E-state index contributed by atoms with van der Waals surface area (Å²) in [5.41, 5.74) is 5.37. The van der Waals surface area contributed by atoms with Crippen LogP contribution in [0.1, 0.15) is 18.2 Å². The van der Waals surface area contributed by atoms with Gasteiger partial charge in [0.1, 0.15) is 0 Å². The Balaban J connectivity index is 2.02. The molecule has 3 rings (SSSR count). The van der Waals surface area contributed by atoms with Gasteiger partial charge in [0.15, 0.2) is 0 Å². The molecule has 0 atom stereocenters. The van der Waals surface area contributed by atoms with Crippen molar-refractivity contribution in [2.45, 2.75) is 13.8 Å². The molecule has 2 aromatic carbocycles. The van der Waals surface area contributed by atoms with Crippen LogP contribution in [0.25, 0.3) is 17.0 Å². The average Bonchev–Trinajstić information content (AvgIpc) is 3.02. The normalized spacial score (nSPS) is 11.7.